The second-order valence-corrected chi connectivity index (χ2v) is 15.5. The van der Waals surface area contributed by atoms with Crippen LogP contribution in [0.2, 0.25) is 0 Å². The Morgan fingerprint density at radius 3 is 1.50 bits per heavy atom. The van der Waals surface area contributed by atoms with Gasteiger partial charge in [-0.25, -0.2) is 15.0 Å². The lowest BCUT2D eigenvalue weighted by molar-refractivity contribution is 0.668. The number of benzene rings is 10. The first kappa shape index (κ1) is 32.9. The molecule has 60 heavy (non-hydrogen) atoms. The third-order valence-corrected chi connectivity index (χ3v) is 12.1. The summed E-state index contributed by atoms with van der Waals surface area (Å²) in [6, 6.07) is 65.8. The Morgan fingerprint density at radius 1 is 0.267 bits per heavy atom. The molecule has 5 heteroatoms. The van der Waals surface area contributed by atoms with E-state index < -0.39 is 0 Å². The number of nitrogens with zero attached hydrogens (tertiary/aromatic N) is 3. The van der Waals surface area contributed by atoms with Gasteiger partial charge in [0, 0.05) is 38.2 Å². The molecule has 0 N–H and O–H groups in total. The Morgan fingerprint density at radius 2 is 0.750 bits per heavy atom. The van der Waals surface area contributed by atoms with Crippen molar-refractivity contribution in [2.45, 2.75) is 0 Å². The molecule has 0 atom stereocenters. The van der Waals surface area contributed by atoms with E-state index in [1.54, 1.807) is 0 Å². The fraction of sp³-hybridized carbons (Fsp3) is 0. The highest BCUT2D eigenvalue weighted by atomic mass is 16.3. The van der Waals surface area contributed by atoms with Crippen LogP contribution in [0.3, 0.4) is 0 Å². The molecule has 3 aromatic heterocycles. The molecular weight excluding hydrogens is 735 g/mol. The van der Waals surface area contributed by atoms with Gasteiger partial charge in [-0.05, 0) is 103 Å². The Bertz CT molecular complexity index is 3910. The van der Waals surface area contributed by atoms with Crippen LogP contribution in [-0.2, 0) is 0 Å². The molecule has 3 heterocycles. The molecule has 0 aliphatic carbocycles. The van der Waals surface area contributed by atoms with Crippen molar-refractivity contribution >= 4 is 87.0 Å². The molecule has 13 rings (SSSR count). The normalized spacial score (nSPS) is 12.0. The number of aromatic nitrogens is 3. The van der Waals surface area contributed by atoms with Crippen molar-refractivity contribution in [1.29, 1.82) is 0 Å². The molecule has 0 aliphatic heterocycles. The van der Waals surface area contributed by atoms with Gasteiger partial charge in [0.2, 0.25) is 0 Å². The zero-order valence-corrected chi connectivity index (χ0v) is 32.1. The van der Waals surface area contributed by atoms with Crippen molar-refractivity contribution < 1.29 is 8.83 Å². The predicted octanol–water partition coefficient (Wildman–Crippen LogP) is 15.0. The van der Waals surface area contributed by atoms with Crippen LogP contribution in [0, 0.1) is 0 Å². The van der Waals surface area contributed by atoms with Gasteiger partial charge in [0.05, 0.1) is 0 Å². The Kier molecular flexibility index (Phi) is 6.95. The summed E-state index contributed by atoms with van der Waals surface area (Å²) >= 11 is 0. The van der Waals surface area contributed by atoms with E-state index in [0.717, 1.165) is 98.6 Å². The molecule has 0 unspecified atom stereocenters. The summed E-state index contributed by atoms with van der Waals surface area (Å²) in [6.07, 6.45) is 0. The number of para-hydroxylation sites is 2. The average Bonchev–Trinajstić information content (AvgIpc) is 3.90. The minimum absolute atomic E-state index is 0.598. The van der Waals surface area contributed by atoms with Gasteiger partial charge < -0.3 is 8.83 Å². The highest BCUT2D eigenvalue weighted by Crippen LogP contribution is 2.42. The fourth-order valence-electron chi connectivity index (χ4n) is 9.27. The second kappa shape index (κ2) is 12.7. The van der Waals surface area contributed by atoms with Crippen LogP contribution in [-0.4, -0.2) is 15.0 Å². The molecule has 0 radical (unpaired) electrons. The summed E-state index contributed by atoms with van der Waals surface area (Å²) < 4.78 is 12.6. The van der Waals surface area contributed by atoms with Crippen molar-refractivity contribution in [2.75, 3.05) is 0 Å². The van der Waals surface area contributed by atoms with Crippen molar-refractivity contribution in [3.05, 3.63) is 188 Å². The summed E-state index contributed by atoms with van der Waals surface area (Å²) in [7, 11) is 0. The Labute approximate surface area is 342 Å². The van der Waals surface area contributed by atoms with E-state index in [1.807, 2.05) is 30.3 Å². The third kappa shape index (κ3) is 5.03. The van der Waals surface area contributed by atoms with Gasteiger partial charge in [-0.2, -0.15) is 0 Å². The van der Waals surface area contributed by atoms with Crippen molar-refractivity contribution in [3.8, 4) is 45.3 Å². The molecule has 13 aromatic rings. The first-order valence-electron chi connectivity index (χ1n) is 20.2. The zero-order chi connectivity index (χ0) is 39.3. The first-order chi connectivity index (χ1) is 29.7. The van der Waals surface area contributed by atoms with Crippen molar-refractivity contribution in [3.63, 3.8) is 0 Å². The van der Waals surface area contributed by atoms with Crippen LogP contribution >= 0.6 is 0 Å². The van der Waals surface area contributed by atoms with Crippen molar-refractivity contribution in [2.24, 2.45) is 0 Å². The maximum atomic E-state index is 6.36. The topological polar surface area (TPSA) is 65.0 Å². The first-order valence-corrected chi connectivity index (χ1v) is 20.2. The van der Waals surface area contributed by atoms with Crippen LogP contribution in [0.5, 0.6) is 0 Å². The van der Waals surface area contributed by atoms with Gasteiger partial charge in [-0.3, -0.25) is 0 Å². The summed E-state index contributed by atoms with van der Waals surface area (Å²) in [5.41, 5.74) is 8.39. The number of hydrogen-bond donors (Lipinski definition) is 0. The lowest BCUT2D eigenvalue weighted by Gasteiger charge is -2.14. The largest absolute Gasteiger partial charge is 0.456 e. The van der Waals surface area contributed by atoms with Crippen LogP contribution in [0.15, 0.2) is 197 Å². The smallest absolute Gasteiger partial charge is 0.164 e. The Balaban J connectivity index is 1.05. The van der Waals surface area contributed by atoms with Crippen LogP contribution in [0.1, 0.15) is 0 Å². The van der Waals surface area contributed by atoms with E-state index in [2.05, 4.69) is 158 Å². The molecule has 0 aliphatic rings. The molecule has 0 saturated heterocycles. The van der Waals surface area contributed by atoms with E-state index in [9.17, 15) is 0 Å². The maximum absolute atomic E-state index is 6.36. The second-order valence-electron chi connectivity index (χ2n) is 15.5. The highest BCUT2D eigenvalue weighted by molar-refractivity contribution is 6.19. The van der Waals surface area contributed by atoms with Gasteiger partial charge >= 0.3 is 0 Å². The molecule has 10 aromatic carbocycles. The summed E-state index contributed by atoms with van der Waals surface area (Å²) in [6.45, 7) is 0. The minimum atomic E-state index is 0.598. The molecule has 0 amide bonds. The summed E-state index contributed by atoms with van der Waals surface area (Å²) in [5.74, 6) is 1.81. The highest BCUT2D eigenvalue weighted by Gasteiger charge is 2.19. The molecule has 0 fully saturated rings. The van der Waals surface area contributed by atoms with Gasteiger partial charge in [-0.1, -0.05) is 140 Å². The fourth-order valence-corrected chi connectivity index (χ4v) is 9.27. The average molecular weight is 766 g/mol. The van der Waals surface area contributed by atoms with E-state index in [4.69, 9.17) is 23.8 Å². The predicted molar refractivity (Wildman–Crippen MR) is 246 cm³/mol. The van der Waals surface area contributed by atoms with Crippen LogP contribution in [0.25, 0.3) is 132 Å². The number of hydrogen-bond acceptors (Lipinski definition) is 5. The molecule has 5 nitrogen and oxygen atoms in total. The van der Waals surface area contributed by atoms with E-state index in [-0.39, 0.29) is 0 Å². The molecule has 0 spiro atoms. The number of fused-ring (bicyclic) bond motifs is 12. The minimum Gasteiger partial charge on any atom is -0.456 e. The Hall–Kier alpha value is -8.15. The molecule has 0 bridgehead atoms. The molecule has 278 valence electrons. The quantitative estimate of drug-likeness (QED) is 0.167. The molecular formula is C55H31N3O2. The molecule has 0 saturated carbocycles. The van der Waals surface area contributed by atoms with Gasteiger partial charge in [0.1, 0.15) is 22.3 Å². The standard InChI is InChI=1S/C55H31N3O2/c1-3-12-39-32(10-1)20-21-34-28-36(22-25-41(34)39)53-56-54(37-23-26-42-35(29-37)24-27-50-51(42)44-14-5-7-17-47(44)60-50)58-55(57-53)38-30-33-11-2-4-13-40(33)46(31-38)43-16-9-19-49-52(43)45-15-6-8-18-48(45)59-49/h1-31H. The monoisotopic (exact) mass is 765 g/mol. The van der Waals surface area contributed by atoms with E-state index in [0.29, 0.717) is 17.5 Å². The van der Waals surface area contributed by atoms with Gasteiger partial charge in [-0.15, -0.1) is 0 Å². The van der Waals surface area contributed by atoms with Crippen molar-refractivity contribution in [1.82, 2.24) is 15.0 Å². The van der Waals surface area contributed by atoms with Gasteiger partial charge in [0.25, 0.3) is 0 Å². The summed E-state index contributed by atoms with van der Waals surface area (Å²) in [4.78, 5) is 15.8. The number of furan rings is 2. The number of rotatable bonds is 4. The summed E-state index contributed by atoms with van der Waals surface area (Å²) in [5, 5.41) is 13.6. The van der Waals surface area contributed by atoms with E-state index in [1.165, 1.54) is 16.2 Å². The lowest BCUT2D eigenvalue weighted by atomic mass is 9.92. The SMILES string of the molecule is c1ccc2c(-c3cccc4oc5ccccc5c34)cc(-c3nc(-c4ccc5c(ccc6ccccc65)c4)nc(-c4ccc5c(ccc6oc7ccccc7c65)c4)n3)cc2c1. The third-order valence-electron chi connectivity index (χ3n) is 12.1. The van der Waals surface area contributed by atoms with E-state index >= 15 is 0 Å². The van der Waals surface area contributed by atoms with Crippen LogP contribution < -0.4 is 0 Å². The zero-order valence-electron chi connectivity index (χ0n) is 32.1. The van der Waals surface area contributed by atoms with Crippen LogP contribution in [0.4, 0.5) is 0 Å². The maximum Gasteiger partial charge on any atom is 0.164 e. The lowest BCUT2D eigenvalue weighted by Crippen LogP contribution is -2.01. The van der Waals surface area contributed by atoms with Gasteiger partial charge in [0.15, 0.2) is 17.5 Å².